The van der Waals surface area contributed by atoms with E-state index in [-0.39, 0.29) is 49.4 Å². The summed E-state index contributed by atoms with van der Waals surface area (Å²) in [4.78, 5) is 85.3. The van der Waals surface area contributed by atoms with Gasteiger partial charge in [0.25, 0.3) is 11.7 Å². The van der Waals surface area contributed by atoms with Gasteiger partial charge in [-0.1, -0.05) is 71.1 Å². The second-order valence-electron chi connectivity index (χ2n) is 22.0. The first-order valence-corrected chi connectivity index (χ1v) is 26.2. The molecule has 72 heavy (non-hydrogen) atoms. The first-order valence-electron chi connectivity index (χ1n) is 26.2. The Labute approximate surface area is 428 Å². The van der Waals surface area contributed by atoms with Crippen LogP contribution in [-0.2, 0) is 57.2 Å². The van der Waals surface area contributed by atoms with Crippen LogP contribution in [0.15, 0.2) is 47.6 Å². The van der Waals surface area contributed by atoms with E-state index in [1.54, 1.807) is 61.8 Å². The van der Waals surface area contributed by atoms with Gasteiger partial charge in [-0.2, -0.15) is 0 Å². The SMILES string of the molecule is CO[C@H]1C[C@@H]2CC[C@@H](C)[C@@](O)(O2)C(=O)C(=O)N2CCCCC2C(=O)O[C@H]([C@@H](C)C[C@@H]2CC[C@@H](OC(=O)C(C)(C)CO)[C@H](OC)C2)CC(=O)[C@H](C)/C=C(\C)[C@@H](O)[C@@H](OC)C(=O)[C@H](C)C[C@H](C)\C=C/C=C/C=C/1C. The molecule has 15 atom stereocenters. The van der Waals surface area contributed by atoms with Crippen LogP contribution in [0, 0.1) is 40.9 Å². The summed E-state index contributed by atoms with van der Waals surface area (Å²) >= 11 is 0. The van der Waals surface area contributed by atoms with Crippen LogP contribution in [0.25, 0.3) is 0 Å². The summed E-state index contributed by atoms with van der Waals surface area (Å²) in [5.41, 5.74) is 0.145. The average Bonchev–Trinajstić information content (AvgIpc) is 3.35. The van der Waals surface area contributed by atoms with Gasteiger partial charge in [-0.05, 0) is 121 Å². The van der Waals surface area contributed by atoms with Gasteiger partial charge in [0.15, 0.2) is 5.78 Å². The number of hydrogen-bond acceptors (Lipinski definition) is 15. The Balaban J connectivity index is 1.70. The molecule has 406 valence electrons. The highest BCUT2D eigenvalue weighted by Crippen LogP contribution is 2.38. The Morgan fingerprint density at radius 3 is 2.24 bits per heavy atom. The highest BCUT2D eigenvalue weighted by Gasteiger charge is 2.53. The Kier molecular flexibility index (Phi) is 23.2. The summed E-state index contributed by atoms with van der Waals surface area (Å²) in [7, 11) is 4.48. The van der Waals surface area contributed by atoms with Crippen molar-refractivity contribution >= 4 is 35.2 Å². The summed E-state index contributed by atoms with van der Waals surface area (Å²) in [6, 6.07) is -1.18. The first kappa shape index (κ1) is 60.7. The zero-order valence-corrected chi connectivity index (χ0v) is 45.1. The van der Waals surface area contributed by atoms with Crippen LogP contribution in [-0.4, -0.2) is 144 Å². The Morgan fingerprint density at radius 2 is 1.58 bits per heavy atom. The standard InChI is InChI=1S/C56H87NO15/c1-33-18-14-13-15-19-34(2)45(67-10)30-41-23-21-39(7)56(66,72-41)51(62)52(63)57-25-17-16-20-42(57)53(64)70-46(31-43(59)35(3)27-38(6)49(61)50(69-12)48(60)37(5)26-33)36(4)28-40-22-24-44(47(29-40)68-11)71-54(65)55(8,9)32-58/h13-15,18-19,27,33,35-37,39-42,44-47,49-50,58,61,66H,16-17,20-26,28-32H2,1-12H3/b15-13+,18-14-,34-19+,38-27+/t33-,35-,36+,37-,39-,40+,41+,42?,44-,45+,46+,47-,49-,50+,56-/m1/s1. The molecule has 0 aromatic carbocycles. The van der Waals surface area contributed by atoms with Crippen molar-refractivity contribution in [2.45, 2.75) is 194 Å². The molecule has 0 spiro atoms. The molecule has 4 aliphatic rings. The topological polar surface area (TPSA) is 222 Å². The number of carbonyl (C=O) groups is 6. The molecule has 3 N–H and O–H groups in total. The van der Waals surface area contributed by atoms with Crippen LogP contribution in [0.2, 0.25) is 0 Å². The van der Waals surface area contributed by atoms with Crippen LogP contribution in [0.3, 0.4) is 0 Å². The van der Waals surface area contributed by atoms with Crippen molar-refractivity contribution in [2.75, 3.05) is 34.5 Å². The number of fused-ring (bicyclic) bond motifs is 3. The van der Waals surface area contributed by atoms with Gasteiger partial charge < -0.3 is 48.6 Å². The predicted molar refractivity (Wildman–Crippen MR) is 270 cm³/mol. The quantitative estimate of drug-likeness (QED) is 0.124. The molecule has 2 bridgehead atoms. The Bertz CT molecular complexity index is 1990. The number of aliphatic hydroxyl groups excluding tert-OH is 2. The number of cyclic esters (lactones) is 1. The number of allylic oxidation sites excluding steroid dienone is 6. The molecule has 3 fully saturated rings. The Morgan fingerprint density at radius 1 is 0.875 bits per heavy atom. The number of hydrogen-bond donors (Lipinski definition) is 3. The number of nitrogens with zero attached hydrogens (tertiary/aromatic N) is 1. The third-order valence-corrected chi connectivity index (χ3v) is 15.7. The van der Waals surface area contributed by atoms with Gasteiger partial charge in [0.1, 0.15) is 36.2 Å². The minimum Gasteiger partial charge on any atom is -0.460 e. The lowest BCUT2D eigenvalue weighted by atomic mass is 9.78. The largest absolute Gasteiger partial charge is 0.460 e. The molecule has 3 heterocycles. The lowest BCUT2D eigenvalue weighted by Gasteiger charge is -2.42. The minimum absolute atomic E-state index is 0.000821. The summed E-state index contributed by atoms with van der Waals surface area (Å²) < 4.78 is 35.6. The number of ether oxygens (including phenoxy) is 6. The van der Waals surface area contributed by atoms with Crippen LogP contribution in [0.1, 0.15) is 139 Å². The van der Waals surface area contributed by atoms with Gasteiger partial charge in [0.2, 0.25) is 5.79 Å². The van der Waals surface area contributed by atoms with Gasteiger partial charge in [-0.25, -0.2) is 4.79 Å². The van der Waals surface area contributed by atoms with Gasteiger partial charge in [-0.3, -0.25) is 24.0 Å². The lowest BCUT2D eigenvalue weighted by Crippen LogP contribution is -2.61. The van der Waals surface area contributed by atoms with Crippen molar-refractivity contribution in [1.82, 2.24) is 4.90 Å². The summed E-state index contributed by atoms with van der Waals surface area (Å²) in [5.74, 6) is -8.94. The molecular weight excluding hydrogens is 927 g/mol. The molecule has 4 rings (SSSR count). The molecule has 0 radical (unpaired) electrons. The molecule has 0 aromatic rings. The van der Waals surface area contributed by atoms with Crippen LogP contribution < -0.4 is 0 Å². The fraction of sp³-hybridized carbons (Fsp3) is 0.750. The predicted octanol–water partition coefficient (Wildman–Crippen LogP) is 6.75. The molecule has 1 amide bonds. The van der Waals surface area contributed by atoms with E-state index in [0.717, 1.165) is 5.57 Å². The molecular formula is C56H87NO15. The number of esters is 2. The molecule has 16 nitrogen and oxygen atoms in total. The number of Topliss-reactive ketones (excluding diaryl/α,β-unsaturated/α-hetero) is 3. The zero-order chi connectivity index (χ0) is 53.7. The number of rotatable bonds is 9. The highest BCUT2D eigenvalue weighted by molar-refractivity contribution is 6.39. The average molecular weight is 1010 g/mol. The van der Waals surface area contributed by atoms with Gasteiger partial charge >= 0.3 is 11.9 Å². The van der Waals surface area contributed by atoms with Crippen LogP contribution in [0.4, 0.5) is 0 Å². The van der Waals surface area contributed by atoms with E-state index < -0.39 is 107 Å². The Hall–Kier alpha value is -3.90. The van der Waals surface area contributed by atoms with Crippen molar-refractivity contribution in [3.8, 4) is 0 Å². The van der Waals surface area contributed by atoms with Crippen molar-refractivity contribution < 1.29 is 72.5 Å². The fourth-order valence-corrected chi connectivity index (χ4v) is 10.6. The van der Waals surface area contributed by atoms with Crippen molar-refractivity contribution in [2.24, 2.45) is 40.9 Å². The summed E-state index contributed by atoms with van der Waals surface area (Å²) in [5, 5.41) is 33.3. The smallest absolute Gasteiger partial charge is 0.329 e. The molecule has 16 heteroatoms. The van der Waals surface area contributed by atoms with Crippen molar-refractivity contribution in [1.29, 1.82) is 0 Å². The van der Waals surface area contributed by atoms with E-state index in [2.05, 4.69) is 0 Å². The van der Waals surface area contributed by atoms with Gasteiger partial charge in [0.05, 0.1) is 30.3 Å². The van der Waals surface area contributed by atoms with E-state index in [4.69, 9.17) is 28.4 Å². The molecule has 1 unspecified atom stereocenters. The minimum atomic E-state index is -2.46. The third kappa shape index (κ3) is 15.8. The molecule has 1 saturated carbocycles. The summed E-state index contributed by atoms with van der Waals surface area (Å²) in [6.07, 6.45) is 10.4. The number of aliphatic hydroxyl groups is 3. The highest BCUT2D eigenvalue weighted by atomic mass is 16.6. The van der Waals surface area contributed by atoms with Crippen molar-refractivity contribution in [3.63, 3.8) is 0 Å². The normalized spacial score (nSPS) is 37.8. The van der Waals surface area contributed by atoms with Crippen molar-refractivity contribution in [3.05, 3.63) is 47.6 Å². The fourth-order valence-electron chi connectivity index (χ4n) is 10.6. The summed E-state index contributed by atoms with van der Waals surface area (Å²) in [6.45, 7) is 15.5. The number of methoxy groups -OCH3 is 3. The van der Waals surface area contributed by atoms with Crippen LogP contribution in [0.5, 0.6) is 0 Å². The molecule has 1 aliphatic carbocycles. The second-order valence-corrected chi connectivity index (χ2v) is 22.0. The van der Waals surface area contributed by atoms with E-state index in [1.165, 1.54) is 12.0 Å². The maximum absolute atomic E-state index is 14.5. The second kappa shape index (κ2) is 27.6. The molecule has 0 aromatic heterocycles. The number of ketones is 3. The van der Waals surface area contributed by atoms with E-state index in [9.17, 15) is 44.1 Å². The van der Waals surface area contributed by atoms with E-state index >= 15 is 0 Å². The number of amides is 1. The van der Waals surface area contributed by atoms with E-state index in [1.807, 2.05) is 51.2 Å². The number of carbonyl (C=O) groups excluding carboxylic acids is 6. The first-order chi connectivity index (χ1) is 33.9. The lowest BCUT2D eigenvalue weighted by molar-refractivity contribution is -0.265. The zero-order valence-electron chi connectivity index (χ0n) is 45.1. The van der Waals surface area contributed by atoms with Crippen LogP contribution >= 0.6 is 0 Å². The maximum atomic E-state index is 14.5. The molecule has 2 saturated heterocycles. The monoisotopic (exact) mass is 1010 g/mol. The maximum Gasteiger partial charge on any atom is 0.329 e. The van der Waals surface area contributed by atoms with E-state index in [0.29, 0.717) is 69.8 Å². The molecule has 3 aliphatic heterocycles. The van der Waals surface area contributed by atoms with Gasteiger partial charge in [0, 0.05) is 58.5 Å². The third-order valence-electron chi connectivity index (χ3n) is 15.7. The van der Waals surface area contributed by atoms with Gasteiger partial charge in [-0.15, -0.1) is 0 Å². The number of piperidine rings is 1.